The normalized spacial score (nSPS) is 13.4. The van der Waals surface area contributed by atoms with Crippen LogP contribution in [0.15, 0.2) is 65.8 Å². The molecule has 0 bridgehead atoms. The zero-order valence-electron chi connectivity index (χ0n) is 17.2. The summed E-state index contributed by atoms with van der Waals surface area (Å²) in [6, 6.07) is 19.7. The Kier molecular flexibility index (Phi) is 6.99. The smallest absolute Gasteiger partial charge is 0.230 e. The molecule has 2 aromatic carbocycles. The topological polar surface area (TPSA) is 80.1 Å². The molecule has 2 amide bonds. The van der Waals surface area contributed by atoms with E-state index >= 15 is 0 Å². The van der Waals surface area contributed by atoms with Crippen molar-refractivity contribution in [3.05, 3.63) is 60.7 Å². The minimum atomic E-state index is -0.122. The summed E-state index contributed by atoms with van der Waals surface area (Å²) in [5.41, 5.74) is 1.89. The first-order valence-electron chi connectivity index (χ1n) is 10.5. The van der Waals surface area contributed by atoms with Crippen LogP contribution in [-0.4, -0.2) is 56.9 Å². The van der Waals surface area contributed by atoms with Gasteiger partial charge in [0.25, 0.3) is 0 Å². The number of benzene rings is 2. The predicted octanol–water partition coefficient (Wildman–Crippen LogP) is 3.16. The third-order valence-corrected chi connectivity index (χ3v) is 6.06. The van der Waals surface area contributed by atoms with Crippen LogP contribution in [0.25, 0.3) is 17.1 Å². The van der Waals surface area contributed by atoms with Gasteiger partial charge < -0.3 is 10.2 Å². The predicted molar refractivity (Wildman–Crippen MR) is 121 cm³/mol. The second-order valence-electron chi connectivity index (χ2n) is 7.32. The molecular formula is C23H25N5O2S. The molecule has 7 nitrogen and oxygen atoms in total. The third kappa shape index (κ3) is 5.32. The van der Waals surface area contributed by atoms with Crippen molar-refractivity contribution in [1.82, 2.24) is 25.0 Å². The van der Waals surface area contributed by atoms with Crippen molar-refractivity contribution in [3.63, 3.8) is 0 Å². The molecule has 0 atom stereocenters. The van der Waals surface area contributed by atoms with E-state index in [2.05, 4.69) is 15.5 Å². The van der Waals surface area contributed by atoms with Gasteiger partial charge in [0.15, 0.2) is 11.0 Å². The first kappa shape index (κ1) is 21.1. The van der Waals surface area contributed by atoms with Crippen molar-refractivity contribution >= 4 is 23.6 Å². The van der Waals surface area contributed by atoms with Crippen LogP contribution in [0.2, 0.25) is 0 Å². The monoisotopic (exact) mass is 435 g/mol. The van der Waals surface area contributed by atoms with E-state index in [1.165, 1.54) is 11.8 Å². The van der Waals surface area contributed by atoms with Crippen LogP contribution >= 0.6 is 11.8 Å². The van der Waals surface area contributed by atoms with Crippen LogP contribution in [0, 0.1) is 0 Å². The Bertz CT molecular complexity index is 1020. The highest BCUT2D eigenvalue weighted by Gasteiger charge is 2.19. The van der Waals surface area contributed by atoms with Crippen LogP contribution in [0.4, 0.5) is 0 Å². The number of hydrogen-bond acceptors (Lipinski definition) is 5. The molecule has 1 fully saturated rings. The highest BCUT2D eigenvalue weighted by molar-refractivity contribution is 7.99. The van der Waals surface area contributed by atoms with Crippen LogP contribution in [0.5, 0.6) is 0 Å². The highest BCUT2D eigenvalue weighted by Crippen LogP contribution is 2.27. The molecule has 160 valence electrons. The standard InChI is InChI=1S/C23H25N5O2S/c29-20(24-14-13-21(30)27-15-7-8-16-27)17-31-23-26-25-22(18-9-3-1-4-10-18)28(23)19-11-5-2-6-12-19/h1-6,9-12H,7-8,13-17H2,(H,24,29). The number of amides is 2. The van der Waals surface area contributed by atoms with Crippen molar-refractivity contribution in [2.24, 2.45) is 0 Å². The number of aromatic nitrogens is 3. The van der Waals surface area contributed by atoms with E-state index < -0.39 is 0 Å². The number of likely N-dealkylation sites (tertiary alicyclic amines) is 1. The number of thioether (sulfide) groups is 1. The van der Waals surface area contributed by atoms with Gasteiger partial charge in [0, 0.05) is 37.3 Å². The van der Waals surface area contributed by atoms with Crippen molar-refractivity contribution in [1.29, 1.82) is 0 Å². The second-order valence-corrected chi connectivity index (χ2v) is 8.26. The van der Waals surface area contributed by atoms with E-state index in [1.807, 2.05) is 70.1 Å². The summed E-state index contributed by atoms with van der Waals surface area (Å²) in [4.78, 5) is 26.3. The van der Waals surface area contributed by atoms with E-state index in [0.717, 1.165) is 43.0 Å². The van der Waals surface area contributed by atoms with Gasteiger partial charge in [0.05, 0.1) is 5.75 Å². The maximum Gasteiger partial charge on any atom is 0.230 e. The van der Waals surface area contributed by atoms with Crippen LogP contribution < -0.4 is 5.32 Å². The Balaban J connectivity index is 1.39. The maximum atomic E-state index is 12.3. The molecule has 1 N–H and O–H groups in total. The maximum absolute atomic E-state index is 12.3. The molecule has 1 aliphatic rings. The zero-order chi connectivity index (χ0) is 21.5. The fourth-order valence-corrected chi connectivity index (χ4v) is 4.34. The molecule has 1 saturated heterocycles. The van der Waals surface area contributed by atoms with Crippen molar-refractivity contribution in [2.45, 2.75) is 24.4 Å². The molecule has 1 aromatic heterocycles. The summed E-state index contributed by atoms with van der Waals surface area (Å²) >= 11 is 1.33. The number of hydrogen-bond donors (Lipinski definition) is 1. The molecule has 0 saturated carbocycles. The molecule has 0 radical (unpaired) electrons. The molecule has 2 heterocycles. The molecular weight excluding hydrogens is 410 g/mol. The van der Waals surface area contributed by atoms with Crippen molar-refractivity contribution < 1.29 is 9.59 Å². The summed E-state index contributed by atoms with van der Waals surface area (Å²) in [6.07, 6.45) is 2.48. The lowest BCUT2D eigenvalue weighted by molar-refractivity contribution is -0.130. The van der Waals surface area contributed by atoms with E-state index in [1.54, 1.807) is 0 Å². The lowest BCUT2D eigenvalue weighted by atomic mass is 10.2. The summed E-state index contributed by atoms with van der Waals surface area (Å²) in [7, 11) is 0. The number of carbonyl (C=O) groups excluding carboxylic acids is 2. The van der Waals surface area contributed by atoms with E-state index in [9.17, 15) is 9.59 Å². The fraction of sp³-hybridized carbons (Fsp3) is 0.304. The van der Waals surface area contributed by atoms with Gasteiger partial charge in [-0.1, -0.05) is 60.3 Å². The number of nitrogens with zero attached hydrogens (tertiary/aromatic N) is 4. The lowest BCUT2D eigenvalue weighted by Crippen LogP contribution is -2.33. The summed E-state index contributed by atoms with van der Waals surface area (Å²) in [6.45, 7) is 2.03. The Labute approximate surface area is 185 Å². The Morgan fingerprint density at radius 2 is 1.61 bits per heavy atom. The Morgan fingerprint density at radius 1 is 0.935 bits per heavy atom. The van der Waals surface area contributed by atoms with Gasteiger partial charge in [-0.15, -0.1) is 10.2 Å². The highest BCUT2D eigenvalue weighted by atomic mass is 32.2. The Hall–Kier alpha value is -3.13. The molecule has 8 heteroatoms. The molecule has 1 aliphatic heterocycles. The largest absolute Gasteiger partial charge is 0.355 e. The minimum Gasteiger partial charge on any atom is -0.355 e. The minimum absolute atomic E-state index is 0.113. The first-order valence-corrected chi connectivity index (χ1v) is 11.4. The number of nitrogens with one attached hydrogen (secondary N) is 1. The SMILES string of the molecule is O=C(CSc1nnc(-c2ccccc2)n1-c1ccccc1)NCCC(=O)N1CCCC1. The van der Waals surface area contributed by atoms with Crippen LogP contribution in [-0.2, 0) is 9.59 Å². The van der Waals surface area contributed by atoms with Gasteiger partial charge in [-0.2, -0.15) is 0 Å². The average molecular weight is 436 g/mol. The number of rotatable bonds is 8. The van der Waals surface area contributed by atoms with Gasteiger partial charge in [-0.3, -0.25) is 14.2 Å². The van der Waals surface area contributed by atoms with E-state index in [0.29, 0.717) is 18.1 Å². The summed E-state index contributed by atoms with van der Waals surface area (Å²) in [5.74, 6) is 0.924. The molecule has 31 heavy (non-hydrogen) atoms. The van der Waals surface area contributed by atoms with E-state index in [4.69, 9.17) is 0 Å². The third-order valence-electron chi connectivity index (χ3n) is 5.13. The van der Waals surface area contributed by atoms with E-state index in [-0.39, 0.29) is 17.6 Å². The molecule has 0 aliphatic carbocycles. The fourth-order valence-electron chi connectivity index (χ4n) is 3.56. The zero-order valence-corrected chi connectivity index (χ0v) is 18.1. The number of para-hydroxylation sites is 1. The van der Waals surface area contributed by atoms with Gasteiger partial charge in [-0.05, 0) is 25.0 Å². The second kappa shape index (κ2) is 10.3. The van der Waals surface area contributed by atoms with Crippen LogP contribution in [0.1, 0.15) is 19.3 Å². The van der Waals surface area contributed by atoms with Gasteiger partial charge >= 0.3 is 0 Å². The first-order chi connectivity index (χ1) is 15.2. The van der Waals surface area contributed by atoms with Gasteiger partial charge in [-0.25, -0.2) is 0 Å². The van der Waals surface area contributed by atoms with Crippen molar-refractivity contribution in [3.8, 4) is 17.1 Å². The number of carbonyl (C=O) groups is 2. The molecule has 0 unspecified atom stereocenters. The van der Waals surface area contributed by atoms with Crippen LogP contribution in [0.3, 0.4) is 0 Å². The Morgan fingerprint density at radius 3 is 2.32 bits per heavy atom. The summed E-state index contributed by atoms with van der Waals surface area (Å²) < 4.78 is 1.96. The summed E-state index contributed by atoms with van der Waals surface area (Å²) in [5, 5.41) is 12.2. The van der Waals surface area contributed by atoms with Gasteiger partial charge in [0.2, 0.25) is 11.8 Å². The van der Waals surface area contributed by atoms with Gasteiger partial charge in [0.1, 0.15) is 0 Å². The van der Waals surface area contributed by atoms with Crippen molar-refractivity contribution in [2.75, 3.05) is 25.4 Å². The molecule has 0 spiro atoms. The quantitative estimate of drug-likeness (QED) is 0.550. The molecule has 3 aromatic rings. The lowest BCUT2D eigenvalue weighted by Gasteiger charge is -2.15. The average Bonchev–Trinajstić information content (AvgIpc) is 3.49. The molecule has 4 rings (SSSR count).